The monoisotopic (exact) mass is 285 g/mol. The van der Waals surface area contributed by atoms with Gasteiger partial charge in [-0.2, -0.15) is 0 Å². The van der Waals surface area contributed by atoms with E-state index in [1.54, 1.807) is 18.2 Å². The molecule has 0 amide bonds. The van der Waals surface area contributed by atoms with Crippen LogP contribution in [0.4, 0.5) is 5.69 Å². The van der Waals surface area contributed by atoms with Crippen LogP contribution in [0.2, 0.25) is 0 Å². The van der Waals surface area contributed by atoms with Gasteiger partial charge in [0.15, 0.2) is 0 Å². The lowest BCUT2D eigenvalue weighted by Crippen LogP contribution is -2.12. The minimum absolute atomic E-state index is 0.231. The number of benzene rings is 2. The second-order valence-corrected chi connectivity index (χ2v) is 4.93. The van der Waals surface area contributed by atoms with Gasteiger partial charge in [0, 0.05) is 12.2 Å². The third kappa shape index (κ3) is 4.24. The van der Waals surface area contributed by atoms with Gasteiger partial charge < -0.3 is 15.2 Å². The molecule has 0 radical (unpaired) electrons. The molecule has 0 heterocycles. The highest BCUT2D eigenvalue weighted by Gasteiger charge is 2.03. The van der Waals surface area contributed by atoms with Gasteiger partial charge in [-0.05, 0) is 49.2 Å². The quantitative estimate of drug-likeness (QED) is 0.798. The summed E-state index contributed by atoms with van der Waals surface area (Å²) < 4.78 is 5.56. The van der Waals surface area contributed by atoms with Gasteiger partial charge in [-0.3, -0.25) is 0 Å². The predicted molar refractivity (Wildman–Crippen MR) is 83.3 cm³/mol. The molecular weight excluding hydrogens is 266 g/mol. The Kier molecular flexibility index (Phi) is 4.82. The fourth-order valence-corrected chi connectivity index (χ4v) is 2.00. The van der Waals surface area contributed by atoms with E-state index in [1.165, 1.54) is 17.2 Å². The van der Waals surface area contributed by atoms with Crippen LogP contribution >= 0.6 is 0 Å². The summed E-state index contributed by atoms with van der Waals surface area (Å²) in [4.78, 5) is 10.9. The zero-order valence-corrected chi connectivity index (χ0v) is 12.2. The smallest absolute Gasteiger partial charge is 0.335 e. The van der Waals surface area contributed by atoms with Crippen molar-refractivity contribution in [1.82, 2.24) is 0 Å². The van der Waals surface area contributed by atoms with E-state index in [4.69, 9.17) is 9.84 Å². The lowest BCUT2D eigenvalue weighted by atomic mass is 10.1. The van der Waals surface area contributed by atoms with Crippen molar-refractivity contribution in [3.05, 3.63) is 59.2 Å². The zero-order valence-electron chi connectivity index (χ0n) is 12.2. The van der Waals surface area contributed by atoms with Crippen molar-refractivity contribution in [2.24, 2.45) is 0 Å². The van der Waals surface area contributed by atoms with Crippen LogP contribution in [0.15, 0.2) is 42.5 Å². The van der Waals surface area contributed by atoms with Crippen LogP contribution in [0, 0.1) is 13.8 Å². The maximum absolute atomic E-state index is 10.9. The molecule has 0 saturated carbocycles. The Balaban J connectivity index is 1.86. The Hall–Kier alpha value is -2.49. The molecule has 110 valence electrons. The Morgan fingerprint density at radius 2 is 2.00 bits per heavy atom. The number of nitrogens with one attached hydrogen (secondary N) is 1. The first-order chi connectivity index (χ1) is 10.1. The first-order valence-electron chi connectivity index (χ1n) is 6.83. The molecule has 0 saturated heterocycles. The third-order valence-electron chi connectivity index (χ3n) is 3.16. The van der Waals surface area contributed by atoms with Crippen molar-refractivity contribution in [2.75, 3.05) is 18.5 Å². The number of hydrogen-bond acceptors (Lipinski definition) is 3. The summed E-state index contributed by atoms with van der Waals surface area (Å²) in [6.45, 7) is 5.23. The lowest BCUT2D eigenvalue weighted by molar-refractivity contribution is 0.0696. The first kappa shape index (κ1) is 14.9. The van der Waals surface area contributed by atoms with Crippen LogP contribution in [0.3, 0.4) is 0 Å². The SMILES string of the molecule is Cc1ccc(C)c(NCCOc2cccc(C(=O)O)c2)c1. The van der Waals surface area contributed by atoms with E-state index in [2.05, 4.69) is 37.4 Å². The number of aryl methyl sites for hydroxylation is 2. The van der Waals surface area contributed by atoms with Crippen LogP contribution in [-0.4, -0.2) is 24.2 Å². The highest BCUT2D eigenvalue weighted by Crippen LogP contribution is 2.16. The van der Waals surface area contributed by atoms with Crippen LogP contribution in [0.25, 0.3) is 0 Å². The number of carboxylic acid groups (broad SMARTS) is 1. The van der Waals surface area contributed by atoms with Gasteiger partial charge in [0.25, 0.3) is 0 Å². The molecule has 0 aliphatic heterocycles. The normalized spacial score (nSPS) is 10.2. The zero-order chi connectivity index (χ0) is 15.2. The molecule has 0 unspecified atom stereocenters. The van der Waals surface area contributed by atoms with Crippen molar-refractivity contribution in [3.8, 4) is 5.75 Å². The summed E-state index contributed by atoms with van der Waals surface area (Å²) >= 11 is 0. The van der Waals surface area contributed by atoms with Gasteiger partial charge in [-0.25, -0.2) is 4.79 Å². The maximum Gasteiger partial charge on any atom is 0.335 e. The van der Waals surface area contributed by atoms with E-state index in [-0.39, 0.29) is 5.56 Å². The highest BCUT2D eigenvalue weighted by molar-refractivity contribution is 5.87. The Morgan fingerprint density at radius 1 is 1.19 bits per heavy atom. The van der Waals surface area contributed by atoms with Gasteiger partial charge in [-0.1, -0.05) is 18.2 Å². The van der Waals surface area contributed by atoms with Crippen molar-refractivity contribution in [1.29, 1.82) is 0 Å². The predicted octanol–water partition coefficient (Wildman–Crippen LogP) is 3.49. The number of aromatic carboxylic acids is 1. The average Bonchev–Trinajstić information content (AvgIpc) is 2.47. The molecule has 2 aromatic rings. The molecule has 4 heteroatoms. The molecule has 21 heavy (non-hydrogen) atoms. The summed E-state index contributed by atoms with van der Waals surface area (Å²) in [6.07, 6.45) is 0. The fraction of sp³-hybridized carbons (Fsp3) is 0.235. The Morgan fingerprint density at radius 3 is 2.76 bits per heavy atom. The minimum atomic E-state index is -0.950. The molecule has 0 atom stereocenters. The second-order valence-electron chi connectivity index (χ2n) is 4.93. The number of carboxylic acids is 1. The summed E-state index contributed by atoms with van der Waals surface area (Å²) in [5, 5.41) is 12.2. The molecule has 0 aromatic heterocycles. The Labute approximate surface area is 124 Å². The highest BCUT2D eigenvalue weighted by atomic mass is 16.5. The van der Waals surface area contributed by atoms with Gasteiger partial charge >= 0.3 is 5.97 Å². The van der Waals surface area contributed by atoms with Crippen LogP contribution in [0.5, 0.6) is 5.75 Å². The number of rotatable bonds is 6. The van der Waals surface area contributed by atoms with Gasteiger partial charge in [-0.15, -0.1) is 0 Å². The summed E-state index contributed by atoms with van der Waals surface area (Å²) in [5.41, 5.74) is 3.72. The molecule has 2 aromatic carbocycles. The van der Waals surface area contributed by atoms with E-state index >= 15 is 0 Å². The maximum atomic E-state index is 10.9. The van der Waals surface area contributed by atoms with Gasteiger partial charge in [0.2, 0.25) is 0 Å². The molecule has 0 aliphatic carbocycles. The molecule has 0 fully saturated rings. The van der Waals surface area contributed by atoms with Crippen LogP contribution in [-0.2, 0) is 0 Å². The summed E-state index contributed by atoms with van der Waals surface area (Å²) in [5.74, 6) is -0.383. The molecule has 0 aliphatic rings. The molecule has 2 rings (SSSR count). The van der Waals surface area contributed by atoms with Crippen molar-refractivity contribution < 1.29 is 14.6 Å². The second kappa shape index (κ2) is 6.79. The van der Waals surface area contributed by atoms with Crippen LogP contribution in [0.1, 0.15) is 21.5 Å². The molecule has 4 nitrogen and oxygen atoms in total. The average molecular weight is 285 g/mol. The number of ether oxygens (including phenoxy) is 1. The lowest BCUT2D eigenvalue weighted by Gasteiger charge is -2.11. The minimum Gasteiger partial charge on any atom is -0.492 e. The summed E-state index contributed by atoms with van der Waals surface area (Å²) in [7, 11) is 0. The van der Waals surface area contributed by atoms with E-state index in [9.17, 15) is 4.79 Å². The van der Waals surface area contributed by atoms with Crippen molar-refractivity contribution in [3.63, 3.8) is 0 Å². The van der Waals surface area contributed by atoms with Gasteiger partial charge in [0.1, 0.15) is 12.4 Å². The van der Waals surface area contributed by atoms with E-state index in [0.29, 0.717) is 18.9 Å². The number of anilines is 1. The topological polar surface area (TPSA) is 58.6 Å². The standard InChI is InChI=1S/C17H19NO3/c1-12-6-7-13(2)16(10-12)18-8-9-21-15-5-3-4-14(11-15)17(19)20/h3-7,10-11,18H,8-9H2,1-2H3,(H,19,20). The molecular formula is C17H19NO3. The van der Waals surface area contributed by atoms with Crippen LogP contribution < -0.4 is 10.1 Å². The third-order valence-corrected chi connectivity index (χ3v) is 3.16. The Bertz CT molecular complexity index is 638. The summed E-state index contributed by atoms with van der Waals surface area (Å²) in [6, 6.07) is 12.8. The molecule has 2 N–H and O–H groups in total. The van der Waals surface area contributed by atoms with Crippen molar-refractivity contribution in [2.45, 2.75) is 13.8 Å². The largest absolute Gasteiger partial charge is 0.492 e. The van der Waals surface area contributed by atoms with E-state index in [1.807, 2.05) is 0 Å². The van der Waals surface area contributed by atoms with Gasteiger partial charge in [0.05, 0.1) is 5.56 Å². The molecule has 0 bridgehead atoms. The van der Waals surface area contributed by atoms with E-state index in [0.717, 1.165) is 5.69 Å². The van der Waals surface area contributed by atoms with Crippen molar-refractivity contribution >= 4 is 11.7 Å². The van der Waals surface area contributed by atoms with E-state index < -0.39 is 5.97 Å². The number of hydrogen-bond donors (Lipinski definition) is 2. The fourth-order valence-electron chi connectivity index (χ4n) is 2.00. The number of carbonyl (C=O) groups is 1. The first-order valence-corrected chi connectivity index (χ1v) is 6.83. The molecule has 0 spiro atoms.